The molecule has 2 aromatic heterocycles. The van der Waals surface area contributed by atoms with Crippen LogP contribution in [0.2, 0.25) is 5.02 Å². The maximum absolute atomic E-state index is 12.3. The van der Waals surface area contributed by atoms with Crippen molar-refractivity contribution in [2.24, 2.45) is 7.05 Å². The van der Waals surface area contributed by atoms with Crippen molar-refractivity contribution in [1.29, 1.82) is 0 Å². The highest BCUT2D eigenvalue weighted by atomic mass is 35.5. The first-order valence-corrected chi connectivity index (χ1v) is 9.77. The number of ether oxygens (including phenoxy) is 1. The summed E-state index contributed by atoms with van der Waals surface area (Å²) in [6.45, 7) is 6.19. The predicted octanol–water partition coefficient (Wildman–Crippen LogP) is 3.31. The third kappa shape index (κ3) is 3.61. The van der Waals surface area contributed by atoms with Gasteiger partial charge in [-0.2, -0.15) is 14.5 Å². The normalized spacial score (nSPS) is 11.1. The van der Waals surface area contributed by atoms with E-state index in [9.17, 15) is 4.79 Å². The molecule has 2 aromatic carbocycles. The van der Waals surface area contributed by atoms with Crippen LogP contribution >= 0.6 is 11.6 Å². The van der Waals surface area contributed by atoms with Crippen LogP contribution in [-0.2, 0) is 13.7 Å². The summed E-state index contributed by atoms with van der Waals surface area (Å²) in [6, 6.07) is 13.1. The SMILES string of the molecule is Cc1cc(C)n(-c2ccc(OCc3c(Cl)cccc3-n3nnn(C)c3=O)cc2C)n1. The molecule has 0 amide bonds. The Hall–Kier alpha value is -3.39. The summed E-state index contributed by atoms with van der Waals surface area (Å²) in [7, 11) is 1.54. The van der Waals surface area contributed by atoms with E-state index in [1.807, 2.05) is 49.7 Å². The van der Waals surface area contributed by atoms with Crippen molar-refractivity contribution in [2.45, 2.75) is 27.4 Å². The Kier molecular flexibility index (Phi) is 5.17. The molecule has 0 saturated heterocycles. The molecule has 8 nitrogen and oxygen atoms in total. The summed E-state index contributed by atoms with van der Waals surface area (Å²) in [5.74, 6) is 0.690. The van der Waals surface area contributed by atoms with E-state index in [2.05, 4.69) is 15.5 Å². The molecule has 0 spiro atoms. The Bertz CT molecular complexity index is 1290. The molecule has 0 radical (unpaired) electrons. The zero-order chi connectivity index (χ0) is 21.4. The second-order valence-corrected chi connectivity index (χ2v) is 7.52. The van der Waals surface area contributed by atoms with Crippen LogP contribution < -0.4 is 10.4 Å². The highest BCUT2D eigenvalue weighted by molar-refractivity contribution is 6.31. The van der Waals surface area contributed by atoms with Crippen LogP contribution in [0.3, 0.4) is 0 Å². The maximum atomic E-state index is 12.3. The van der Waals surface area contributed by atoms with Crippen LogP contribution in [0.1, 0.15) is 22.5 Å². The van der Waals surface area contributed by atoms with Gasteiger partial charge in [-0.25, -0.2) is 9.48 Å². The van der Waals surface area contributed by atoms with Crippen LogP contribution in [-0.4, -0.2) is 29.6 Å². The molecular formula is C21H21ClN6O2. The number of hydrogen-bond donors (Lipinski definition) is 0. The van der Waals surface area contributed by atoms with Gasteiger partial charge in [-0.3, -0.25) is 0 Å². The van der Waals surface area contributed by atoms with Gasteiger partial charge in [0.05, 0.1) is 17.1 Å². The van der Waals surface area contributed by atoms with Gasteiger partial charge in [0.15, 0.2) is 0 Å². The number of aryl methyl sites for hydroxylation is 4. The molecule has 0 N–H and O–H groups in total. The molecule has 4 rings (SSSR count). The molecule has 0 unspecified atom stereocenters. The van der Waals surface area contributed by atoms with Crippen molar-refractivity contribution >= 4 is 11.6 Å². The average molecular weight is 425 g/mol. The monoisotopic (exact) mass is 424 g/mol. The molecule has 0 aliphatic carbocycles. The minimum Gasteiger partial charge on any atom is -0.489 e. The molecule has 30 heavy (non-hydrogen) atoms. The van der Waals surface area contributed by atoms with Gasteiger partial charge in [0.2, 0.25) is 0 Å². The molecule has 154 valence electrons. The number of halogens is 1. The molecule has 4 aromatic rings. The first kappa shape index (κ1) is 19.9. The Morgan fingerprint density at radius 2 is 1.80 bits per heavy atom. The van der Waals surface area contributed by atoms with Gasteiger partial charge < -0.3 is 4.74 Å². The largest absolute Gasteiger partial charge is 0.489 e. The number of rotatable bonds is 5. The van der Waals surface area contributed by atoms with E-state index < -0.39 is 0 Å². The Balaban J connectivity index is 1.62. The first-order chi connectivity index (χ1) is 14.3. The lowest BCUT2D eigenvalue weighted by atomic mass is 10.1. The quantitative estimate of drug-likeness (QED) is 0.491. The summed E-state index contributed by atoms with van der Waals surface area (Å²) in [5, 5.41) is 12.7. The second kappa shape index (κ2) is 7.79. The lowest BCUT2D eigenvalue weighted by Crippen LogP contribution is -2.23. The molecule has 0 aliphatic rings. The van der Waals surface area contributed by atoms with Gasteiger partial charge >= 0.3 is 5.69 Å². The van der Waals surface area contributed by atoms with Gasteiger partial charge in [-0.15, -0.1) is 0 Å². The van der Waals surface area contributed by atoms with Gasteiger partial charge in [-0.05, 0) is 73.2 Å². The fourth-order valence-electron chi connectivity index (χ4n) is 3.34. The summed E-state index contributed by atoms with van der Waals surface area (Å²) in [6.07, 6.45) is 0. The standard InChI is InChI=1S/C21H21ClN6O2/c1-13-10-16(8-9-19(13)27-15(3)11-14(2)23-27)30-12-17-18(22)6-5-7-20(17)28-21(29)26(4)24-25-28/h5-11H,12H2,1-4H3. The first-order valence-electron chi connectivity index (χ1n) is 9.39. The van der Waals surface area contributed by atoms with E-state index in [4.69, 9.17) is 16.3 Å². The summed E-state index contributed by atoms with van der Waals surface area (Å²) < 4.78 is 10.3. The number of hydrogen-bond acceptors (Lipinski definition) is 5. The Morgan fingerprint density at radius 1 is 1.00 bits per heavy atom. The van der Waals surface area contributed by atoms with Crippen LogP contribution in [0, 0.1) is 20.8 Å². The highest BCUT2D eigenvalue weighted by Crippen LogP contribution is 2.26. The minimum absolute atomic E-state index is 0.177. The molecule has 2 heterocycles. The van der Waals surface area contributed by atoms with Gasteiger partial charge in [0.25, 0.3) is 0 Å². The van der Waals surface area contributed by atoms with E-state index >= 15 is 0 Å². The van der Waals surface area contributed by atoms with Gasteiger partial charge in [0.1, 0.15) is 12.4 Å². The minimum atomic E-state index is -0.358. The third-order valence-electron chi connectivity index (χ3n) is 4.83. The van der Waals surface area contributed by atoms with E-state index in [1.54, 1.807) is 25.2 Å². The molecule has 0 fully saturated rings. The van der Waals surface area contributed by atoms with Crippen molar-refractivity contribution in [3.63, 3.8) is 0 Å². The number of tetrazole rings is 1. The number of aromatic nitrogens is 6. The topological polar surface area (TPSA) is 79.8 Å². The second-order valence-electron chi connectivity index (χ2n) is 7.11. The predicted molar refractivity (Wildman–Crippen MR) is 114 cm³/mol. The van der Waals surface area contributed by atoms with Crippen molar-refractivity contribution in [1.82, 2.24) is 29.6 Å². The number of benzene rings is 2. The Labute approximate surface area is 178 Å². The summed E-state index contributed by atoms with van der Waals surface area (Å²) in [5.41, 5.74) is 4.90. The lowest BCUT2D eigenvalue weighted by molar-refractivity contribution is 0.305. The Morgan fingerprint density at radius 3 is 2.43 bits per heavy atom. The van der Waals surface area contributed by atoms with E-state index in [0.717, 1.165) is 27.3 Å². The molecule has 0 saturated carbocycles. The van der Waals surface area contributed by atoms with Crippen LogP contribution in [0.4, 0.5) is 0 Å². The van der Waals surface area contributed by atoms with E-state index in [1.165, 1.54) is 4.68 Å². The smallest absolute Gasteiger partial charge is 0.368 e. The maximum Gasteiger partial charge on any atom is 0.368 e. The van der Waals surface area contributed by atoms with E-state index in [-0.39, 0.29) is 12.3 Å². The van der Waals surface area contributed by atoms with Crippen molar-refractivity contribution < 1.29 is 4.74 Å². The van der Waals surface area contributed by atoms with Crippen LogP contribution in [0.25, 0.3) is 11.4 Å². The third-order valence-corrected chi connectivity index (χ3v) is 5.19. The van der Waals surface area contributed by atoms with Gasteiger partial charge in [0, 0.05) is 23.3 Å². The molecule has 0 bridgehead atoms. The molecule has 0 atom stereocenters. The molecular weight excluding hydrogens is 404 g/mol. The van der Waals surface area contributed by atoms with Crippen molar-refractivity contribution in [2.75, 3.05) is 0 Å². The van der Waals surface area contributed by atoms with Crippen LogP contribution in [0.5, 0.6) is 5.75 Å². The molecule has 9 heteroatoms. The lowest BCUT2D eigenvalue weighted by Gasteiger charge is -2.14. The van der Waals surface area contributed by atoms with Crippen LogP contribution in [0.15, 0.2) is 47.3 Å². The fraction of sp³-hybridized carbons (Fsp3) is 0.238. The number of nitrogens with zero attached hydrogens (tertiary/aromatic N) is 6. The molecule has 0 aliphatic heterocycles. The average Bonchev–Trinajstić information content (AvgIpc) is 3.21. The van der Waals surface area contributed by atoms with E-state index in [0.29, 0.717) is 22.0 Å². The summed E-state index contributed by atoms with van der Waals surface area (Å²) in [4.78, 5) is 12.3. The zero-order valence-electron chi connectivity index (χ0n) is 17.1. The van der Waals surface area contributed by atoms with Crippen molar-refractivity contribution in [3.05, 3.63) is 80.5 Å². The highest BCUT2D eigenvalue weighted by Gasteiger charge is 2.15. The van der Waals surface area contributed by atoms with Gasteiger partial charge in [-0.1, -0.05) is 17.7 Å². The summed E-state index contributed by atoms with van der Waals surface area (Å²) >= 11 is 6.40. The van der Waals surface area contributed by atoms with Crippen molar-refractivity contribution in [3.8, 4) is 17.1 Å². The zero-order valence-corrected chi connectivity index (χ0v) is 17.9. The fourth-order valence-corrected chi connectivity index (χ4v) is 3.56.